The number of aryl methyl sites for hydroxylation is 2. The van der Waals surface area contributed by atoms with Gasteiger partial charge in [-0.2, -0.15) is 0 Å². The van der Waals surface area contributed by atoms with Crippen LogP contribution in [-0.4, -0.2) is 9.13 Å². The predicted molar refractivity (Wildman–Crippen MR) is 248 cm³/mol. The van der Waals surface area contributed by atoms with E-state index < -0.39 is 0 Å². The van der Waals surface area contributed by atoms with Gasteiger partial charge in [0.05, 0.1) is 11.0 Å². The minimum absolute atomic E-state index is 0.630. The van der Waals surface area contributed by atoms with Gasteiger partial charge in [-0.25, -0.2) is 0 Å². The average Bonchev–Trinajstić information content (AvgIpc) is 3.73. The fourth-order valence-electron chi connectivity index (χ4n) is 10.5. The van der Waals surface area contributed by atoms with E-state index in [1.165, 1.54) is 182 Å². The highest BCUT2D eigenvalue weighted by molar-refractivity contribution is 9.10. The molecule has 2 aliphatic rings. The topological polar surface area (TPSA) is 9.86 Å². The Kier molecular flexibility index (Phi) is 13.2. The standard InChI is InChI=1S/C52H62Br2N2/c1-3-5-7-9-11-13-17-39-19-15-21-45-47-35-41(53)27-33-49(47)55(51(39)45)43-29-23-37(24-30-43)38-25-31-44(32-26-38)56-50-34-28-42(54)36-48(50)46-22-16-20-40(52(46)56)18-14-12-10-8-6-4-2/h23-36,39-40H,3-22H2,1-2H3. The third-order valence-electron chi connectivity index (χ3n) is 13.3. The van der Waals surface area contributed by atoms with Crippen molar-refractivity contribution in [3.05, 3.63) is 116 Å². The summed E-state index contributed by atoms with van der Waals surface area (Å²) in [5.41, 5.74) is 14.2. The van der Waals surface area contributed by atoms with E-state index in [0.717, 1.165) is 0 Å². The number of fused-ring (bicyclic) bond motifs is 6. The molecule has 0 amide bonds. The highest BCUT2D eigenvalue weighted by Crippen LogP contribution is 2.45. The van der Waals surface area contributed by atoms with Crippen molar-refractivity contribution in [2.45, 2.75) is 154 Å². The molecule has 0 fully saturated rings. The number of rotatable bonds is 17. The van der Waals surface area contributed by atoms with Crippen LogP contribution in [0, 0.1) is 0 Å². The fraction of sp³-hybridized carbons (Fsp3) is 0.462. The first-order chi connectivity index (χ1) is 27.6. The third-order valence-corrected chi connectivity index (χ3v) is 14.3. The Morgan fingerprint density at radius 1 is 0.482 bits per heavy atom. The van der Waals surface area contributed by atoms with Crippen LogP contribution in [0.4, 0.5) is 0 Å². The van der Waals surface area contributed by atoms with Crippen LogP contribution < -0.4 is 0 Å². The second-order valence-corrected chi connectivity index (χ2v) is 18.9. The van der Waals surface area contributed by atoms with E-state index in [2.05, 4.69) is 140 Å². The van der Waals surface area contributed by atoms with E-state index in [4.69, 9.17) is 0 Å². The quantitative estimate of drug-likeness (QED) is 0.0808. The number of halogens is 2. The van der Waals surface area contributed by atoms with Crippen molar-refractivity contribution in [1.29, 1.82) is 0 Å². The molecule has 4 aromatic carbocycles. The number of benzene rings is 4. The summed E-state index contributed by atoms with van der Waals surface area (Å²) in [7, 11) is 0. The molecule has 0 spiro atoms. The number of hydrogen-bond donors (Lipinski definition) is 0. The van der Waals surface area contributed by atoms with Crippen LogP contribution in [0.15, 0.2) is 93.9 Å². The molecule has 8 rings (SSSR count). The second-order valence-electron chi connectivity index (χ2n) is 17.1. The van der Waals surface area contributed by atoms with Gasteiger partial charge in [0.15, 0.2) is 0 Å². The van der Waals surface area contributed by atoms with Gasteiger partial charge < -0.3 is 9.13 Å². The first-order valence-electron chi connectivity index (χ1n) is 22.4. The zero-order valence-electron chi connectivity index (χ0n) is 34.0. The van der Waals surface area contributed by atoms with Crippen molar-refractivity contribution >= 4 is 53.7 Å². The third kappa shape index (κ3) is 8.40. The SMILES string of the molecule is CCCCCCCCC1CCCc2c1n(-c1ccc(-c3ccc(-n4c5c(c6cc(Br)ccc64)CCCC5CCCCCCCC)cc3)cc1)c1ccc(Br)cc21. The van der Waals surface area contributed by atoms with E-state index in [1.54, 1.807) is 22.5 Å². The Bertz CT molecular complexity index is 2060. The van der Waals surface area contributed by atoms with E-state index >= 15 is 0 Å². The molecule has 0 saturated heterocycles. The maximum atomic E-state index is 3.81. The number of hydrogen-bond acceptors (Lipinski definition) is 0. The lowest BCUT2D eigenvalue weighted by molar-refractivity contribution is 0.472. The Morgan fingerprint density at radius 3 is 1.29 bits per heavy atom. The average molecular weight is 875 g/mol. The molecule has 0 aliphatic heterocycles. The van der Waals surface area contributed by atoms with Crippen LogP contribution >= 0.6 is 31.9 Å². The Labute approximate surface area is 353 Å². The summed E-state index contributed by atoms with van der Waals surface area (Å²) < 4.78 is 7.61. The molecular weight excluding hydrogens is 812 g/mol. The molecule has 2 aliphatic carbocycles. The van der Waals surface area contributed by atoms with E-state index in [9.17, 15) is 0 Å². The van der Waals surface area contributed by atoms with Gasteiger partial charge in [-0.3, -0.25) is 0 Å². The molecule has 0 radical (unpaired) electrons. The Hall–Kier alpha value is -3.08. The molecule has 0 bridgehead atoms. The minimum atomic E-state index is 0.630. The fourth-order valence-corrected chi connectivity index (χ4v) is 11.2. The molecule has 2 atom stereocenters. The van der Waals surface area contributed by atoms with Gasteiger partial charge in [-0.15, -0.1) is 0 Å². The van der Waals surface area contributed by atoms with Crippen molar-refractivity contribution in [2.24, 2.45) is 0 Å². The Balaban J connectivity index is 1.07. The molecule has 56 heavy (non-hydrogen) atoms. The molecule has 6 aromatic rings. The van der Waals surface area contributed by atoms with Crippen molar-refractivity contribution in [3.8, 4) is 22.5 Å². The smallest absolute Gasteiger partial charge is 0.0535 e. The van der Waals surface area contributed by atoms with Gasteiger partial charge in [0.25, 0.3) is 0 Å². The summed E-state index contributed by atoms with van der Waals surface area (Å²) >= 11 is 7.62. The summed E-state index contributed by atoms with van der Waals surface area (Å²) in [5.74, 6) is 1.26. The zero-order chi connectivity index (χ0) is 38.4. The van der Waals surface area contributed by atoms with Gasteiger partial charge in [0.1, 0.15) is 0 Å². The summed E-state index contributed by atoms with van der Waals surface area (Å²) in [5, 5.41) is 2.87. The maximum absolute atomic E-state index is 3.81. The summed E-state index contributed by atoms with van der Waals surface area (Å²) in [6, 6.07) is 32.8. The first-order valence-corrected chi connectivity index (χ1v) is 24.0. The van der Waals surface area contributed by atoms with Crippen LogP contribution in [0.25, 0.3) is 44.3 Å². The second kappa shape index (κ2) is 18.7. The highest BCUT2D eigenvalue weighted by Gasteiger charge is 2.30. The lowest BCUT2D eigenvalue weighted by Gasteiger charge is -2.26. The lowest BCUT2D eigenvalue weighted by atomic mass is 9.83. The highest BCUT2D eigenvalue weighted by atomic mass is 79.9. The van der Waals surface area contributed by atoms with Gasteiger partial charge in [-0.1, -0.05) is 147 Å². The van der Waals surface area contributed by atoms with E-state index in [-0.39, 0.29) is 0 Å². The van der Waals surface area contributed by atoms with Crippen LogP contribution in [0.3, 0.4) is 0 Å². The van der Waals surface area contributed by atoms with E-state index in [1.807, 2.05) is 0 Å². The van der Waals surface area contributed by atoms with Crippen LogP contribution in [0.2, 0.25) is 0 Å². The summed E-state index contributed by atoms with van der Waals surface area (Å²) in [6.07, 6.45) is 26.5. The lowest BCUT2D eigenvalue weighted by Crippen LogP contribution is -2.14. The van der Waals surface area contributed by atoms with Crippen LogP contribution in [0.1, 0.15) is 164 Å². The molecule has 0 N–H and O–H groups in total. The van der Waals surface area contributed by atoms with Crippen molar-refractivity contribution in [3.63, 3.8) is 0 Å². The monoisotopic (exact) mass is 872 g/mol. The first kappa shape index (κ1) is 39.7. The predicted octanol–water partition coefficient (Wildman–Crippen LogP) is 17.1. The van der Waals surface area contributed by atoms with Gasteiger partial charge in [0.2, 0.25) is 0 Å². The molecule has 2 nitrogen and oxygen atoms in total. The largest absolute Gasteiger partial charge is 0.313 e. The van der Waals surface area contributed by atoms with Crippen molar-refractivity contribution in [2.75, 3.05) is 0 Å². The normalized spacial score (nSPS) is 16.8. The number of unbranched alkanes of at least 4 members (excludes halogenated alkanes) is 10. The molecule has 4 heteroatoms. The molecular formula is C52H62Br2N2. The zero-order valence-corrected chi connectivity index (χ0v) is 37.2. The number of aromatic nitrogens is 2. The van der Waals surface area contributed by atoms with Crippen molar-refractivity contribution in [1.82, 2.24) is 9.13 Å². The van der Waals surface area contributed by atoms with Gasteiger partial charge in [-0.05, 0) is 146 Å². The van der Waals surface area contributed by atoms with Crippen molar-refractivity contribution < 1.29 is 0 Å². The minimum Gasteiger partial charge on any atom is -0.313 e. The van der Waals surface area contributed by atoms with Crippen LogP contribution in [0.5, 0.6) is 0 Å². The molecule has 2 unspecified atom stereocenters. The molecule has 2 heterocycles. The number of nitrogens with zero attached hydrogens (tertiary/aromatic N) is 2. The molecule has 2 aromatic heterocycles. The summed E-state index contributed by atoms with van der Waals surface area (Å²) in [4.78, 5) is 0. The van der Waals surface area contributed by atoms with Gasteiger partial charge >= 0.3 is 0 Å². The van der Waals surface area contributed by atoms with Crippen LogP contribution in [-0.2, 0) is 12.8 Å². The molecule has 294 valence electrons. The Morgan fingerprint density at radius 2 is 0.875 bits per heavy atom. The molecule has 0 saturated carbocycles. The van der Waals surface area contributed by atoms with Gasteiger partial charge in [0, 0.05) is 42.5 Å². The maximum Gasteiger partial charge on any atom is 0.0535 e. The van der Waals surface area contributed by atoms with E-state index in [0.29, 0.717) is 11.8 Å². The summed E-state index contributed by atoms with van der Waals surface area (Å²) in [6.45, 7) is 4.62.